The van der Waals surface area contributed by atoms with Crippen LogP contribution in [0.3, 0.4) is 0 Å². The van der Waals surface area contributed by atoms with Crippen molar-refractivity contribution in [3.63, 3.8) is 0 Å². The summed E-state index contributed by atoms with van der Waals surface area (Å²) in [6.45, 7) is 0. The minimum atomic E-state index is -4.58. The molecule has 1 N–H and O–H groups in total. The van der Waals surface area contributed by atoms with Crippen molar-refractivity contribution in [1.29, 1.82) is 0 Å². The lowest BCUT2D eigenvalue weighted by Crippen LogP contribution is -2.17. The molecule has 2 aromatic rings. The Morgan fingerprint density at radius 2 is 1.94 bits per heavy atom. The molecule has 0 amide bonds. The van der Waals surface area contributed by atoms with Crippen LogP contribution in [-0.4, -0.2) is 15.0 Å². The molecule has 0 saturated heterocycles. The van der Waals surface area contributed by atoms with Gasteiger partial charge in [0.25, 0.3) is 0 Å². The second-order valence-corrected chi connectivity index (χ2v) is 3.22. The molecule has 8 heteroatoms. The van der Waals surface area contributed by atoms with Crippen molar-refractivity contribution < 1.29 is 13.2 Å². The molecule has 96 valence electrons. The zero-order valence-electron chi connectivity index (χ0n) is 8.73. The van der Waals surface area contributed by atoms with Gasteiger partial charge in [-0.15, -0.1) is 12.4 Å². The van der Waals surface area contributed by atoms with Gasteiger partial charge in [0.05, 0.1) is 11.3 Å². The maximum Gasteiger partial charge on any atom is 0.419 e. The largest absolute Gasteiger partial charge is 0.419 e. The van der Waals surface area contributed by atoms with E-state index in [2.05, 4.69) is 15.0 Å². The maximum absolute atomic E-state index is 12.7. The van der Waals surface area contributed by atoms with Crippen LogP contribution in [0.1, 0.15) is 5.56 Å². The van der Waals surface area contributed by atoms with Gasteiger partial charge in [0.15, 0.2) is 0 Å². The van der Waals surface area contributed by atoms with Gasteiger partial charge in [-0.05, 0) is 12.1 Å². The van der Waals surface area contributed by atoms with Crippen LogP contribution in [0.25, 0.3) is 11.3 Å². The number of alkyl halides is 3. The highest BCUT2D eigenvalue weighted by molar-refractivity contribution is 5.85. The van der Waals surface area contributed by atoms with Crippen LogP contribution in [0, 0.1) is 0 Å². The Labute approximate surface area is 105 Å². The summed E-state index contributed by atoms with van der Waals surface area (Å²) in [6, 6.07) is 2.90. The smallest absolute Gasteiger partial charge is 0.305 e. The number of aromatic amines is 1. The lowest BCUT2D eigenvalue weighted by molar-refractivity contribution is -0.137. The first-order valence-electron chi connectivity index (χ1n) is 4.55. The SMILES string of the molecule is Cl.O=c1ncc(C(F)(F)F)c(-c2cccnc2)[nH]1. The Balaban J connectivity index is 0.00000162. The van der Waals surface area contributed by atoms with Gasteiger partial charge in [-0.3, -0.25) is 4.98 Å². The highest BCUT2D eigenvalue weighted by Crippen LogP contribution is 2.34. The first-order valence-corrected chi connectivity index (χ1v) is 4.55. The molecule has 18 heavy (non-hydrogen) atoms. The molecule has 0 atom stereocenters. The van der Waals surface area contributed by atoms with Gasteiger partial charge >= 0.3 is 11.9 Å². The maximum atomic E-state index is 12.7. The molecule has 2 aromatic heterocycles. The third kappa shape index (κ3) is 2.86. The number of hydrogen-bond donors (Lipinski definition) is 1. The quantitative estimate of drug-likeness (QED) is 0.870. The summed E-state index contributed by atoms with van der Waals surface area (Å²) in [6.07, 6.45) is -1.40. The van der Waals surface area contributed by atoms with E-state index in [0.717, 1.165) is 0 Å². The van der Waals surface area contributed by atoms with Crippen molar-refractivity contribution in [2.24, 2.45) is 0 Å². The number of nitrogens with one attached hydrogen (secondary N) is 1. The summed E-state index contributed by atoms with van der Waals surface area (Å²) in [5.74, 6) is 0. The summed E-state index contributed by atoms with van der Waals surface area (Å²) in [4.78, 5) is 19.8. The second-order valence-electron chi connectivity index (χ2n) is 3.22. The zero-order valence-corrected chi connectivity index (χ0v) is 9.55. The molecule has 0 aromatic carbocycles. The normalized spacial score (nSPS) is 10.8. The van der Waals surface area contributed by atoms with Crippen molar-refractivity contribution in [3.8, 4) is 11.3 Å². The van der Waals surface area contributed by atoms with Gasteiger partial charge in [0.1, 0.15) is 0 Å². The van der Waals surface area contributed by atoms with E-state index in [1.165, 1.54) is 24.5 Å². The van der Waals surface area contributed by atoms with E-state index in [4.69, 9.17) is 0 Å². The molecular formula is C10H7ClF3N3O. The average Bonchev–Trinajstić information content (AvgIpc) is 2.28. The van der Waals surface area contributed by atoms with Crippen LogP contribution in [0.4, 0.5) is 13.2 Å². The third-order valence-electron chi connectivity index (χ3n) is 2.07. The fourth-order valence-corrected chi connectivity index (χ4v) is 1.35. The Morgan fingerprint density at radius 3 is 2.50 bits per heavy atom. The van der Waals surface area contributed by atoms with E-state index in [-0.39, 0.29) is 23.7 Å². The van der Waals surface area contributed by atoms with Crippen molar-refractivity contribution in [2.45, 2.75) is 6.18 Å². The molecule has 2 rings (SSSR count). The fourth-order valence-electron chi connectivity index (χ4n) is 1.35. The molecule has 0 unspecified atom stereocenters. The van der Waals surface area contributed by atoms with Crippen LogP contribution < -0.4 is 5.69 Å². The van der Waals surface area contributed by atoms with E-state index in [9.17, 15) is 18.0 Å². The second kappa shape index (κ2) is 5.18. The lowest BCUT2D eigenvalue weighted by atomic mass is 10.1. The van der Waals surface area contributed by atoms with E-state index >= 15 is 0 Å². The van der Waals surface area contributed by atoms with Crippen molar-refractivity contribution in [2.75, 3.05) is 0 Å². The zero-order chi connectivity index (χ0) is 12.5. The fraction of sp³-hybridized carbons (Fsp3) is 0.100. The van der Waals surface area contributed by atoms with Crippen LogP contribution in [0.15, 0.2) is 35.5 Å². The van der Waals surface area contributed by atoms with Gasteiger partial charge in [-0.25, -0.2) is 9.78 Å². The molecule has 0 bridgehead atoms. The number of rotatable bonds is 1. The molecular weight excluding hydrogens is 271 g/mol. The standard InChI is InChI=1S/C10H6F3N3O.ClH/c11-10(12,13)7-5-15-9(17)16-8(7)6-2-1-3-14-4-6;/h1-5H,(H,15,16,17);1H. The van der Waals surface area contributed by atoms with Crippen LogP contribution in [0.5, 0.6) is 0 Å². The lowest BCUT2D eigenvalue weighted by Gasteiger charge is -2.10. The van der Waals surface area contributed by atoms with E-state index in [0.29, 0.717) is 6.20 Å². The summed E-state index contributed by atoms with van der Waals surface area (Å²) >= 11 is 0. The number of aromatic nitrogens is 3. The predicted octanol–water partition coefficient (Wildman–Crippen LogP) is 2.27. The highest BCUT2D eigenvalue weighted by atomic mass is 35.5. The van der Waals surface area contributed by atoms with Crippen molar-refractivity contribution in [1.82, 2.24) is 15.0 Å². The summed E-state index contributed by atoms with van der Waals surface area (Å²) < 4.78 is 38.0. The Morgan fingerprint density at radius 1 is 1.22 bits per heavy atom. The van der Waals surface area contributed by atoms with Gasteiger partial charge in [-0.1, -0.05) is 0 Å². The molecule has 0 saturated carbocycles. The van der Waals surface area contributed by atoms with E-state index in [1.807, 2.05) is 0 Å². The molecule has 4 nitrogen and oxygen atoms in total. The van der Waals surface area contributed by atoms with Crippen LogP contribution >= 0.6 is 12.4 Å². The molecule has 0 spiro atoms. The molecule has 2 heterocycles. The minimum Gasteiger partial charge on any atom is -0.305 e. The molecule has 0 fully saturated rings. The Hall–Kier alpha value is -1.89. The van der Waals surface area contributed by atoms with Gasteiger partial charge in [-0.2, -0.15) is 13.2 Å². The molecule has 0 aliphatic heterocycles. The molecule has 0 aliphatic carbocycles. The summed E-state index contributed by atoms with van der Waals surface area (Å²) in [7, 11) is 0. The first kappa shape index (κ1) is 14.2. The third-order valence-corrected chi connectivity index (χ3v) is 2.07. The number of halogens is 4. The van der Waals surface area contributed by atoms with Crippen molar-refractivity contribution >= 4 is 12.4 Å². The minimum absolute atomic E-state index is 0. The van der Waals surface area contributed by atoms with Gasteiger partial charge in [0.2, 0.25) is 0 Å². The van der Waals surface area contributed by atoms with Gasteiger partial charge in [0, 0.05) is 24.2 Å². The molecule has 0 aliphatic rings. The van der Waals surface area contributed by atoms with Gasteiger partial charge < -0.3 is 4.98 Å². The Bertz CT molecular complexity index is 583. The summed E-state index contributed by atoms with van der Waals surface area (Å²) in [5, 5.41) is 0. The van der Waals surface area contributed by atoms with E-state index < -0.39 is 17.4 Å². The first-order chi connectivity index (χ1) is 7.98. The summed E-state index contributed by atoms with van der Waals surface area (Å²) in [5.41, 5.74) is -1.98. The topological polar surface area (TPSA) is 58.6 Å². The molecule has 0 radical (unpaired) electrons. The number of H-pyrrole nitrogens is 1. The predicted molar refractivity (Wildman–Crippen MR) is 60.3 cm³/mol. The highest BCUT2D eigenvalue weighted by Gasteiger charge is 2.34. The number of pyridine rings is 1. The van der Waals surface area contributed by atoms with E-state index in [1.54, 1.807) is 0 Å². The number of nitrogens with zero attached hydrogens (tertiary/aromatic N) is 2. The van der Waals surface area contributed by atoms with Crippen LogP contribution in [-0.2, 0) is 6.18 Å². The average molecular weight is 278 g/mol. The van der Waals surface area contributed by atoms with Crippen molar-refractivity contribution in [3.05, 3.63) is 46.8 Å². The Kier molecular flexibility index (Phi) is 4.07. The number of hydrogen-bond acceptors (Lipinski definition) is 3. The monoisotopic (exact) mass is 277 g/mol. The van der Waals surface area contributed by atoms with Crippen LogP contribution in [0.2, 0.25) is 0 Å².